The van der Waals surface area contributed by atoms with Gasteiger partial charge in [-0.1, -0.05) is 6.42 Å². The summed E-state index contributed by atoms with van der Waals surface area (Å²) in [6.45, 7) is 3.76. The van der Waals surface area contributed by atoms with Gasteiger partial charge in [-0.3, -0.25) is 4.79 Å². The Bertz CT molecular complexity index is 932. The number of hydrogen-bond acceptors (Lipinski definition) is 5. The van der Waals surface area contributed by atoms with E-state index in [4.69, 9.17) is 4.74 Å². The van der Waals surface area contributed by atoms with Crippen molar-refractivity contribution in [2.45, 2.75) is 38.0 Å². The first kappa shape index (κ1) is 19.5. The van der Waals surface area contributed by atoms with Crippen LogP contribution in [-0.4, -0.2) is 48.1 Å². The molecule has 0 saturated carbocycles. The molecule has 27 heavy (non-hydrogen) atoms. The van der Waals surface area contributed by atoms with Crippen LogP contribution in [0.25, 0.3) is 0 Å². The number of halogens is 1. The molecule has 3 rings (SSSR count). The summed E-state index contributed by atoms with van der Waals surface area (Å²) in [7, 11) is -3.69. The minimum absolute atomic E-state index is 0.0829. The van der Waals surface area contributed by atoms with Crippen LogP contribution in [0.4, 0.5) is 4.39 Å². The zero-order valence-corrected chi connectivity index (χ0v) is 16.1. The Hall–Kier alpha value is -2.26. The summed E-state index contributed by atoms with van der Waals surface area (Å²) in [4.78, 5) is 12.6. The number of carbonyl (C=O) groups excluding carboxylic acids is 1. The molecule has 0 atom stereocenters. The highest BCUT2D eigenvalue weighted by Gasteiger charge is 2.32. The normalized spacial score (nSPS) is 15.7. The summed E-state index contributed by atoms with van der Waals surface area (Å²) < 4.78 is 46.7. The van der Waals surface area contributed by atoms with E-state index in [0.29, 0.717) is 18.8 Å². The van der Waals surface area contributed by atoms with Gasteiger partial charge in [-0.05, 0) is 51.0 Å². The molecule has 146 valence electrons. The number of rotatable bonds is 5. The third-order valence-corrected chi connectivity index (χ3v) is 6.70. The van der Waals surface area contributed by atoms with E-state index in [1.54, 1.807) is 13.8 Å². The molecule has 7 nitrogen and oxygen atoms in total. The zero-order chi connectivity index (χ0) is 19.6. The molecule has 2 heterocycles. The SMILES string of the molecule is Cc1nn(C(=O)COc2ccc(F)cc2)c(C)c1S(=O)(=O)N1CCCCC1. The van der Waals surface area contributed by atoms with Crippen molar-refractivity contribution in [1.82, 2.24) is 14.1 Å². The van der Waals surface area contributed by atoms with Gasteiger partial charge in [0, 0.05) is 13.1 Å². The molecule has 9 heteroatoms. The van der Waals surface area contributed by atoms with E-state index in [0.717, 1.165) is 23.9 Å². The summed E-state index contributed by atoms with van der Waals surface area (Å²) in [6.07, 6.45) is 2.67. The van der Waals surface area contributed by atoms with Crippen molar-refractivity contribution in [1.29, 1.82) is 0 Å². The first-order chi connectivity index (χ1) is 12.8. The van der Waals surface area contributed by atoms with Crippen molar-refractivity contribution in [3.8, 4) is 5.75 Å². The van der Waals surface area contributed by atoms with E-state index in [1.807, 2.05) is 0 Å². The second-order valence-electron chi connectivity index (χ2n) is 6.51. The van der Waals surface area contributed by atoms with Crippen molar-refractivity contribution in [3.63, 3.8) is 0 Å². The highest BCUT2D eigenvalue weighted by Crippen LogP contribution is 2.26. The maximum atomic E-state index is 13.0. The molecular weight excluding hydrogens is 373 g/mol. The fourth-order valence-electron chi connectivity index (χ4n) is 3.22. The van der Waals surface area contributed by atoms with E-state index >= 15 is 0 Å². The summed E-state index contributed by atoms with van der Waals surface area (Å²) in [6, 6.07) is 5.28. The van der Waals surface area contributed by atoms with Crippen LogP contribution in [0.15, 0.2) is 29.2 Å². The van der Waals surface area contributed by atoms with Crippen LogP contribution in [0, 0.1) is 19.7 Å². The molecule has 1 aliphatic heterocycles. The van der Waals surface area contributed by atoms with E-state index < -0.39 is 21.7 Å². The number of benzene rings is 1. The first-order valence-corrected chi connectivity index (χ1v) is 10.2. The van der Waals surface area contributed by atoms with Crippen molar-refractivity contribution in [2.24, 2.45) is 0 Å². The third kappa shape index (κ3) is 4.03. The molecule has 1 aromatic heterocycles. The van der Waals surface area contributed by atoms with Crippen molar-refractivity contribution < 1.29 is 22.3 Å². The highest BCUT2D eigenvalue weighted by molar-refractivity contribution is 7.89. The van der Waals surface area contributed by atoms with Crippen molar-refractivity contribution >= 4 is 15.9 Å². The third-order valence-electron chi connectivity index (χ3n) is 4.55. The molecular formula is C18H22FN3O4S. The van der Waals surface area contributed by atoms with Crippen LogP contribution in [0.1, 0.15) is 35.4 Å². The van der Waals surface area contributed by atoms with Gasteiger partial charge in [0.1, 0.15) is 16.5 Å². The van der Waals surface area contributed by atoms with Crippen LogP contribution < -0.4 is 4.74 Å². The molecule has 0 spiro atoms. The Labute approximate surface area is 157 Å². The molecule has 0 amide bonds. The van der Waals surface area contributed by atoms with Crippen LogP contribution >= 0.6 is 0 Å². The topological polar surface area (TPSA) is 81.5 Å². The Balaban J connectivity index is 1.80. The van der Waals surface area contributed by atoms with Gasteiger partial charge >= 0.3 is 0 Å². The minimum atomic E-state index is -3.69. The molecule has 0 N–H and O–H groups in total. The second-order valence-corrected chi connectivity index (χ2v) is 8.39. The minimum Gasteiger partial charge on any atom is -0.484 e. The Morgan fingerprint density at radius 2 is 1.78 bits per heavy atom. The number of hydrogen-bond donors (Lipinski definition) is 0. The average Bonchev–Trinajstić information content (AvgIpc) is 2.96. The molecule has 0 aliphatic carbocycles. The van der Waals surface area contributed by atoms with Crippen molar-refractivity contribution in [3.05, 3.63) is 41.5 Å². The second kappa shape index (κ2) is 7.77. The van der Waals surface area contributed by atoms with Gasteiger partial charge in [-0.15, -0.1) is 0 Å². The molecule has 1 fully saturated rings. The largest absolute Gasteiger partial charge is 0.484 e. The lowest BCUT2D eigenvalue weighted by Crippen LogP contribution is -2.36. The van der Waals surface area contributed by atoms with Crippen molar-refractivity contribution in [2.75, 3.05) is 19.7 Å². The highest BCUT2D eigenvalue weighted by atomic mass is 32.2. The van der Waals surface area contributed by atoms with Gasteiger partial charge in [0.05, 0.1) is 11.4 Å². The fourth-order valence-corrected chi connectivity index (χ4v) is 5.09. The average molecular weight is 395 g/mol. The van der Waals surface area contributed by atoms with Gasteiger partial charge in [0.25, 0.3) is 5.91 Å². The van der Waals surface area contributed by atoms with Gasteiger partial charge in [-0.2, -0.15) is 9.40 Å². The molecule has 0 radical (unpaired) electrons. The van der Waals surface area contributed by atoms with E-state index in [9.17, 15) is 17.6 Å². The summed E-state index contributed by atoms with van der Waals surface area (Å²) in [5, 5.41) is 4.12. The number of nitrogens with zero attached hydrogens (tertiary/aromatic N) is 3. The molecule has 0 bridgehead atoms. The van der Waals surface area contributed by atoms with Crippen LogP contribution in [0.2, 0.25) is 0 Å². The summed E-state index contributed by atoms with van der Waals surface area (Å²) >= 11 is 0. The zero-order valence-electron chi connectivity index (χ0n) is 15.3. The smallest absolute Gasteiger partial charge is 0.285 e. The number of piperidine rings is 1. The number of ether oxygens (including phenoxy) is 1. The lowest BCUT2D eigenvalue weighted by Gasteiger charge is -2.25. The molecule has 0 unspecified atom stereocenters. The van der Waals surface area contributed by atoms with Crippen LogP contribution in [0.5, 0.6) is 5.75 Å². The van der Waals surface area contributed by atoms with Gasteiger partial charge in [0.2, 0.25) is 10.0 Å². The molecule has 1 aromatic carbocycles. The van der Waals surface area contributed by atoms with Gasteiger partial charge < -0.3 is 4.74 Å². The predicted octanol–water partition coefficient (Wildman–Crippen LogP) is 2.53. The molecule has 2 aromatic rings. The number of carbonyl (C=O) groups is 1. The number of sulfonamides is 1. The van der Waals surface area contributed by atoms with E-state index in [2.05, 4.69) is 5.10 Å². The van der Waals surface area contributed by atoms with Crippen LogP contribution in [-0.2, 0) is 10.0 Å². The van der Waals surface area contributed by atoms with E-state index in [-0.39, 0.29) is 22.9 Å². The first-order valence-electron chi connectivity index (χ1n) is 8.78. The van der Waals surface area contributed by atoms with E-state index in [1.165, 1.54) is 28.6 Å². The lowest BCUT2D eigenvalue weighted by molar-refractivity contribution is 0.0818. The van der Waals surface area contributed by atoms with Gasteiger partial charge in [0.15, 0.2) is 6.61 Å². The number of aryl methyl sites for hydroxylation is 1. The van der Waals surface area contributed by atoms with Gasteiger partial charge in [-0.25, -0.2) is 17.5 Å². The monoisotopic (exact) mass is 395 g/mol. The predicted molar refractivity (Wildman–Crippen MR) is 96.8 cm³/mol. The fraction of sp³-hybridized carbons (Fsp3) is 0.444. The Morgan fingerprint density at radius 1 is 1.15 bits per heavy atom. The Kier molecular flexibility index (Phi) is 5.61. The summed E-state index contributed by atoms with van der Waals surface area (Å²) in [5.41, 5.74) is 0.555. The standard InChI is InChI=1S/C18H22FN3O4S/c1-13-18(27(24,25)21-10-4-3-5-11-21)14(2)22(20-13)17(23)12-26-16-8-6-15(19)7-9-16/h6-9H,3-5,10-12H2,1-2H3. The Morgan fingerprint density at radius 3 is 2.41 bits per heavy atom. The maximum Gasteiger partial charge on any atom is 0.285 e. The van der Waals surface area contributed by atoms with Crippen LogP contribution in [0.3, 0.4) is 0 Å². The quantitative estimate of drug-likeness (QED) is 0.777. The number of aromatic nitrogens is 2. The maximum absolute atomic E-state index is 13.0. The molecule has 1 aliphatic rings. The lowest BCUT2D eigenvalue weighted by atomic mass is 10.2. The molecule has 1 saturated heterocycles. The summed E-state index contributed by atoms with van der Waals surface area (Å²) in [5.74, 6) is -0.563.